The van der Waals surface area contributed by atoms with Gasteiger partial charge in [0.05, 0.1) is 11.1 Å². The van der Waals surface area contributed by atoms with Crippen LogP contribution >= 0.6 is 11.6 Å². The Morgan fingerprint density at radius 2 is 2.05 bits per heavy atom. The van der Waals surface area contributed by atoms with Gasteiger partial charge in [0.2, 0.25) is 5.75 Å². The number of halogens is 1. The Morgan fingerprint density at radius 3 is 2.64 bits per heavy atom. The first-order chi connectivity index (χ1) is 10.3. The van der Waals surface area contributed by atoms with E-state index in [-0.39, 0.29) is 22.2 Å². The van der Waals surface area contributed by atoms with Gasteiger partial charge in [-0.05, 0) is 6.07 Å². The van der Waals surface area contributed by atoms with Crippen LogP contribution in [0.4, 0.5) is 11.4 Å². The van der Waals surface area contributed by atoms with Gasteiger partial charge in [0.25, 0.3) is 5.56 Å². The molecule has 0 spiro atoms. The van der Waals surface area contributed by atoms with Gasteiger partial charge in [0, 0.05) is 39.0 Å². The van der Waals surface area contributed by atoms with Crippen LogP contribution in [0.5, 0.6) is 11.5 Å². The molecule has 9 heteroatoms. The fourth-order valence-electron chi connectivity index (χ4n) is 1.70. The van der Waals surface area contributed by atoms with Gasteiger partial charge in [-0.3, -0.25) is 14.9 Å². The van der Waals surface area contributed by atoms with Crippen molar-refractivity contribution in [3.63, 3.8) is 0 Å². The third-order valence-electron chi connectivity index (χ3n) is 2.92. The molecule has 2 aromatic rings. The van der Waals surface area contributed by atoms with Crippen LogP contribution in [0.2, 0.25) is 5.02 Å². The number of hydrogen-bond donors (Lipinski definition) is 0. The van der Waals surface area contributed by atoms with E-state index in [2.05, 4.69) is 5.10 Å². The number of anilines is 1. The highest BCUT2D eigenvalue weighted by atomic mass is 35.5. The third kappa shape index (κ3) is 3.01. The Hall–Kier alpha value is -2.61. The molecule has 22 heavy (non-hydrogen) atoms. The molecule has 0 atom stereocenters. The summed E-state index contributed by atoms with van der Waals surface area (Å²) in [6, 6.07) is 4.41. The number of benzene rings is 1. The van der Waals surface area contributed by atoms with Gasteiger partial charge < -0.3 is 9.64 Å². The predicted octanol–water partition coefficient (Wildman–Crippen LogP) is 2.20. The molecule has 0 aliphatic rings. The molecular formula is C13H13ClN4O4. The van der Waals surface area contributed by atoms with Gasteiger partial charge in [-0.2, -0.15) is 5.10 Å². The molecule has 1 heterocycles. The molecule has 0 unspecified atom stereocenters. The topological polar surface area (TPSA) is 90.5 Å². The van der Waals surface area contributed by atoms with Crippen molar-refractivity contribution in [2.24, 2.45) is 7.05 Å². The van der Waals surface area contributed by atoms with Crippen LogP contribution in [0.15, 0.2) is 29.2 Å². The Morgan fingerprint density at radius 1 is 1.36 bits per heavy atom. The number of ether oxygens (including phenoxy) is 1. The Bertz CT molecular complexity index is 788. The molecule has 0 bridgehead atoms. The van der Waals surface area contributed by atoms with Crippen LogP contribution in [0, 0.1) is 10.1 Å². The average molecular weight is 325 g/mol. The van der Waals surface area contributed by atoms with Crippen molar-refractivity contribution < 1.29 is 9.66 Å². The van der Waals surface area contributed by atoms with Gasteiger partial charge in [-0.25, -0.2) is 4.68 Å². The molecule has 0 amide bonds. The summed E-state index contributed by atoms with van der Waals surface area (Å²) in [5.74, 6) is -0.0584. The lowest BCUT2D eigenvalue weighted by Crippen LogP contribution is -2.19. The Labute approximate surface area is 130 Å². The van der Waals surface area contributed by atoms with Gasteiger partial charge >= 0.3 is 5.69 Å². The van der Waals surface area contributed by atoms with Gasteiger partial charge in [-0.15, -0.1) is 0 Å². The highest BCUT2D eigenvalue weighted by molar-refractivity contribution is 6.31. The highest BCUT2D eigenvalue weighted by Gasteiger charge is 2.19. The number of aromatic nitrogens is 2. The van der Waals surface area contributed by atoms with E-state index in [0.29, 0.717) is 5.69 Å². The second-order valence-corrected chi connectivity index (χ2v) is 5.04. The molecule has 0 aliphatic carbocycles. The number of rotatable bonds is 4. The first kappa shape index (κ1) is 15.8. The molecule has 116 valence electrons. The summed E-state index contributed by atoms with van der Waals surface area (Å²) in [6.07, 6.45) is 1.23. The van der Waals surface area contributed by atoms with Crippen molar-refractivity contribution >= 4 is 23.0 Å². The quantitative estimate of drug-likeness (QED) is 0.632. The lowest BCUT2D eigenvalue weighted by atomic mass is 10.2. The van der Waals surface area contributed by atoms with E-state index in [4.69, 9.17) is 16.3 Å². The standard InChI is InChI=1S/C13H13ClN4O4/c1-16(2)8-4-5-9(18(20)21)10(6-8)22-11-7-15-17(3)13(19)12(11)14/h4-7H,1-3H3. The summed E-state index contributed by atoms with van der Waals surface area (Å²) in [4.78, 5) is 24.0. The lowest BCUT2D eigenvalue weighted by Gasteiger charge is -2.14. The molecule has 2 rings (SSSR count). The lowest BCUT2D eigenvalue weighted by molar-refractivity contribution is -0.385. The molecule has 1 aromatic carbocycles. The fraction of sp³-hybridized carbons (Fsp3) is 0.231. The summed E-state index contributed by atoms with van der Waals surface area (Å²) in [5, 5.41) is 14.7. The zero-order valence-corrected chi connectivity index (χ0v) is 12.9. The molecule has 0 aliphatic heterocycles. The minimum absolute atomic E-state index is 0.0202. The second kappa shape index (κ2) is 6.02. The van der Waals surface area contributed by atoms with E-state index in [0.717, 1.165) is 4.68 Å². The maximum atomic E-state index is 11.7. The normalized spacial score (nSPS) is 10.4. The number of nitrogens with zero attached hydrogens (tertiary/aromatic N) is 4. The molecular weight excluding hydrogens is 312 g/mol. The van der Waals surface area contributed by atoms with Crippen LogP contribution in [0.3, 0.4) is 0 Å². The minimum Gasteiger partial charge on any atom is -0.447 e. The van der Waals surface area contributed by atoms with Crippen molar-refractivity contribution in [1.82, 2.24) is 9.78 Å². The van der Waals surface area contributed by atoms with E-state index >= 15 is 0 Å². The van der Waals surface area contributed by atoms with Crippen LogP contribution in [0.25, 0.3) is 0 Å². The Kier molecular flexibility index (Phi) is 4.32. The summed E-state index contributed by atoms with van der Waals surface area (Å²) in [7, 11) is 5.02. The zero-order chi connectivity index (χ0) is 16.4. The van der Waals surface area contributed by atoms with Crippen molar-refractivity contribution in [1.29, 1.82) is 0 Å². The average Bonchev–Trinajstić information content (AvgIpc) is 2.47. The monoisotopic (exact) mass is 324 g/mol. The maximum Gasteiger partial charge on any atom is 0.311 e. The molecule has 0 saturated heterocycles. The second-order valence-electron chi connectivity index (χ2n) is 4.66. The van der Waals surface area contributed by atoms with E-state index in [1.54, 1.807) is 25.1 Å². The van der Waals surface area contributed by atoms with Gasteiger partial charge in [0.15, 0.2) is 10.8 Å². The van der Waals surface area contributed by atoms with Crippen LogP contribution < -0.4 is 15.2 Å². The number of nitro groups is 1. The van der Waals surface area contributed by atoms with Crippen LogP contribution in [0.1, 0.15) is 0 Å². The van der Waals surface area contributed by atoms with E-state index in [9.17, 15) is 14.9 Å². The van der Waals surface area contributed by atoms with Crippen LogP contribution in [-0.2, 0) is 7.05 Å². The first-order valence-electron chi connectivity index (χ1n) is 6.16. The molecule has 0 radical (unpaired) electrons. The molecule has 1 aromatic heterocycles. The van der Waals surface area contributed by atoms with E-state index in [1.807, 2.05) is 0 Å². The molecule has 0 fully saturated rings. The largest absolute Gasteiger partial charge is 0.447 e. The van der Waals surface area contributed by atoms with Crippen molar-refractivity contribution in [3.05, 3.63) is 49.9 Å². The fourth-order valence-corrected chi connectivity index (χ4v) is 1.91. The van der Waals surface area contributed by atoms with Gasteiger partial charge in [-0.1, -0.05) is 11.6 Å². The number of hydrogen-bond acceptors (Lipinski definition) is 6. The molecule has 8 nitrogen and oxygen atoms in total. The van der Waals surface area contributed by atoms with Crippen LogP contribution in [-0.4, -0.2) is 28.8 Å². The Balaban J connectivity index is 2.52. The third-order valence-corrected chi connectivity index (χ3v) is 3.27. The summed E-state index contributed by atoms with van der Waals surface area (Å²) in [6.45, 7) is 0. The molecule has 0 N–H and O–H groups in total. The first-order valence-corrected chi connectivity index (χ1v) is 6.54. The predicted molar refractivity (Wildman–Crippen MR) is 82.0 cm³/mol. The summed E-state index contributed by atoms with van der Waals surface area (Å²) >= 11 is 5.90. The minimum atomic E-state index is -0.572. The molecule has 0 saturated carbocycles. The maximum absolute atomic E-state index is 11.7. The number of nitro benzene ring substituents is 1. The zero-order valence-electron chi connectivity index (χ0n) is 12.1. The SMILES string of the molecule is CN(C)c1ccc([N+](=O)[O-])c(Oc2cnn(C)c(=O)c2Cl)c1. The summed E-state index contributed by atoms with van der Waals surface area (Å²) < 4.78 is 6.49. The van der Waals surface area contributed by atoms with E-state index in [1.165, 1.54) is 25.4 Å². The smallest absolute Gasteiger partial charge is 0.311 e. The van der Waals surface area contributed by atoms with Gasteiger partial charge in [0.1, 0.15) is 0 Å². The number of aryl methyl sites for hydroxylation is 1. The highest BCUT2D eigenvalue weighted by Crippen LogP contribution is 2.35. The van der Waals surface area contributed by atoms with Crippen molar-refractivity contribution in [2.75, 3.05) is 19.0 Å². The van der Waals surface area contributed by atoms with Crippen molar-refractivity contribution in [2.45, 2.75) is 0 Å². The summed E-state index contributed by atoms with van der Waals surface area (Å²) in [5.41, 5.74) is -0.0820. The van der Waals surface area contributed by atoms with Crippen molar-refractivity contribution in [3.8, 4) is 11.5 Å². The van der Waals surface area contributed by atoms with E-state index < -0.39 is 10.5 Å².